The van der Waals surface area contributed by atoms with Crippen molar-refractivity contribution in [3.63, 3.8) is 0 Å². The lowest BCUT2D eigenvalue weighted by Crippen LogP contribution is -2.69. The molecule has 2 N–H and O–H groups in total. The Morgan fingerprint density at radius 3 is 2.11 bits per heavy atom. The lowest BCUT2D eigenvalue weighted by Gasteiger charge is -2.29. The van der Waals surface area contributed by atoms with Gasteiger partial charge >= 0.3 is 12.2 Å². The first-order valence-electron chi connectivity index (χ1n) is 7.56. The van der Waals surface area contributed by atoms with Gasteiger partial charge in [-0.25, -0.2) is 18.1 Å². The van der Waals surface area contributed by atoms with Crippen molar-refractivity contribution in [1.29, 1.82) is 0 Å². The fraction of sp³-hybridized carbons (Fsp3) is 0.125. The molecule has 0 aliphatic carbocycles. The van der Waals surface area contributed by atoms with Gasteiger partial charge in [0.05, 0.1) is 10.6 Å². The highest BCUT2D eigenvalue weighted by Gasteiger charge is 2.69. The van der Waals surface area contributed by atoms with Crippen molar-refractivity contribution in [2.45, 2.75) is 16.7 Å². The van der Waals surface area contributed by atoms with E-state index in [4.69, 9.17) is 11.6 Å². The number of urea groups is 1. The molecule has 28 heavy (non-hydrogen) atoms. The predicted octanol–water partition coefficient (Wildman–Crippen LogP) is 2.63. The molecule has 7 nitrogen and oxygen atoms in total. The third-order valence-corrected chi connectivity index (χ3v) is 5.59. The van der Waals surface area contributed by atoms with Gasteiger partial charge in [-0.1, -0.05) is 29.8 Å². The van der Waals surface area contributed by atoms with Crippen LogP contribution in [0.25, 0.3) is 0 Å². The standard InChI is InChI=1S/C16H11ClF3N3O4S/c17-10-6-8-12(9-7-10)28(26,27)22-15(16(18,19)20)13(24)23(14(25)21-15)11-4-2-1-3-5-11/h1-9,22H,(H,21,25)/t15-/m0/s1. The van der Waals surface area contributed by atoms with Gasteiger partial charge in [-0.15, -0.1) is 0 Å². The molecular formula is C16H11ClF3N3O4S. The van der Waals surface area contributed by atoms with E-state index in [2.05, 4.69) is 0 Å². The van der Waals surface area contributed by atoms with Crippen LogP contribution in [0.5, 0.6) is 0 Å². The SMILES string of the molecule is O=C1N[C@@](NS(=O)(=O)c2ccc(Cl)cc2)(C(F)(F)F)C(=O)N1c1ccccc1. The molecule has 0 saturated carbocycles. The summed E-state index contributed by atoms with van der Waals surface area (Å²) in [6, 6.07) is 9.62. The Kier molecular flexibility index (Phi) is 4.86. The first-order chi connectivity index (χ1) is 13.0. The van der Waals surface area contributed by atoms with Gasteiger partial charge < -0.3 is 5.32 Å². The van der Waals surface area contributed by atoms with Crippen molar-refractivity contribution in [2.75, 3.05) is 4.90 Å². The van der Waals surface area contributed by atoms with Gasteiger partial charge in [0, 0.05) is 5.02 Å². The molecule has 1 saturated heterocycles. The van der Waals surface area contributed by atoms with Gasteiger partial charge in [-0.05, 0) is 36.4 Å². The molecule has 2 aromatic carbocycles. The molecule has 148 valence electrons. The number of nitrogens with one attached hydrogen (secondary N) is 2. The Labute approximate surface area is 162 Å². The number of sulfonamides is 1. The molecule has 0 bridgehead atoms. The molecule has 0 radical (unpaired) electrons. The smallest absolute Gasteiger partial charge is 0.302 e. The minimum absolute atomic E-state index is 0.151. The fourth-order valence-electron chi connectivity index (χ4n) is 2.53. The number of anilines is 1. The van der Waals surface area contributed by atoms with Crippen LogP contribution in [0.15, 0.2) is 59.5 Å². The van der Waals surface area contributed by atoms with E-state index in [-0.39, 0.29) is 15.6 Å². The topological polar surface area (TPSA) is 95.6 Å². The van der Waals surface area contributed by atoms with Crippen LogP contribution in [0.3, 0.4) is 0 Å². The zero-order valence-corrected chi connectivity index (χ0v) is 15.3. The number of benzene rings is 2. The Bertz CT molecular complexity index is 1030. The van der Waals surface area contributed by atoms with Gasteiger partial charge in [-0.3, -0.25) is 4.79 Å². The molecular weight excluding hydrogens is 423 g/mol. The van der Waals surface area contributed by atoms with Crippen LogP contribution in [0.4, 0.5) is 23.7 Å². The second kappa shape index (κ2) is 6.76. The van der Waals surface area contributed by atoms with Crippen molar-refractivity contribution in [1.82, 2.24) is 10.0 Å². The lowest BCUT2D eigenvalue weighted by molar-refractivity contribution is -0.194. The number of para-hydroxylation sites is 1. The third kappa shape index (κ3) is 3.32. The Morgan fingerprint density at radius 1 is 1.00 bits per heavy atom. The number of hydrogen-bond donors (Lipinski definition) is 2. The van der Waals surface area contributed by atoms with Crippen LogP contribution in [0.2, 0.25) is 5.02 Å². The molecule has 3 amide bonds. The van der Waals surface area contributed by atoms with E-state index < -0.39 is 38.7 Å². The largest absolute Gasteiger partial charge is 0.435 e. The highest BCUT2D eigenvalue weighted by Crippen LogP contribution is 2.36. The van der Waals surface area contributed by atoms with Crippen LogP contribution in [0.1, 0.15) is 0 Å². The molecule has 12 heteroatoms. The maximum atomic E-state index is 13.8. The van der Waals surface area contributed by atoms with Gasteiger partial charge in [0.15, 0.2) is 0 Å². The normalized spacial score (nSPS) is 20.4. The monoisotopic (exact) mass is 433 g/mol. The summed E-state index contributed by atoms with van der Waals surface area (Å²) in [6.07, 6.45) is -5.47. The Morgan fingerprint density at radius 2 is 1.57 bits per heavy atom. The second-order valence-corrected chi connectivity index (χ2v) is 7.83. The van der Waals surface area contributed by atoms with E-state index in [1.807, 2.05) is 0 Å². The quantitative estimate of drug-likeness (QED) is 0.724. The second-order valence-electron chi connectivity index (χ2n) is 5.71. The van der Waals surface area contributed by atoms with E-state index in [9.17, 15) is 31.2 Å². The number of amides is 3. The number of carbonyl (C=O) groups is 2. The van der Waals surface area contributed by atoms with Crippen molar-refractivity contribution in [2.24, 2.45) is 0 Å². The van der Waals surface area contributed by atoms with E-state index in [0.29, 0.717) is 0 Å². The Balaban J connectivity index is 2.07. The Hall–Kier alpha value is -2.63. The number of nitrogens with zero attached hydrogens (tertiary/aromatic N) is 1. The van der Waals surface area contributed by atoms with Crippen molar-refractivity contribution < 1.29 is 31.2 Å². The van der Waals surface area contributed by atoms with E-state index >= 15 is 0 Å². The summed E-state index contributed by atoms with van der Waals surface area (Å²) in [5, 5.41) is 1.60. The van der Waals surface area contributed by atoms with Gasteiger partial charge in [0.25, 0.3) is 11.6 Å². The summed E-state index contributed by atoms with van der Waals surface area (Å²) < 4.78 is 67.7. The summed E-state index contributed by atoms with van der Waals surface area (Å²) >= 11 is 5.65. The molecule has 0 spiro atoms. The fourth-order valence-corrected chi connectivity index (χ4v) is 3.93. The highest BCUT2D eigenvalue weighted by molar-refractivity contribution is 7.89. The predicted molar refractivity (Wildman–Crippen MR) is 93.0 cm³/mol. The number of carbonyl (C=O) groups excluding carboxylic acids is 2. The van der Waals surface area contributed by atoms with Crippen molar-refractivity contribution >= 4 is 39.2 Å². The molecule has 1 aliphatic rings. The van der Waals surface area contributed by atoms with Crippen LogP contribution in [0, 0.1) is 0 Å². The summed E-state index contributed by atoms with van der Waals surface area (Å²) in [5.74, 6) is -1.83. The van der Waals surface area contributed by atoms with Gasteiger partial charge in [0.2, 0.25) is 10.0 Å². The number of imide groups is 1. The number of halogens is 4. The van der Waals surface area contributed by atoms with Crippen LogP contribution < -0.4 is 14.9 Å². The number of rotatable bonds is 4. The maximum Gasteiger partial charge on any atom is 0.435 e. The first-order valence-corrected chi connectivity index (χ1v) is 9.42. The summed E-state index contributed by atoms with van der Waals surface area (Å²) in [5.41, 5.74) is -4.01. The van der Waals surface area contributed by atoms with Crippen molar-refractivity contribution in [3.05, 3.63) is 59.6 Å². The minimum Gasteiger partial charge on any atom is -0.302 e. The van der Waals surface area contributed by atoms with E-state index in [1.54, 1.807) is 0 Å². The van der Waals surface area contributed by atoms with Gasteiger partial charge in [-0.2, -0.15) is 17.9 Å². The van der Waals surface area contributed by atoms with Crippen LogP contribution in [-0.4, -0.2) is 32.2 Å². The minimum atomic E-state index is -5.47. The van der Waals surface area contributed by atoms with Gasteiger partial charge in [0.1, 0.15) is 0 Å². The average molecular weight is 434 g/mol. The molecule has 1 heterocycles. The van der Waals surface area contributed by atoms with Crippen LogP contribution >= 0.6 is 11.6 Å². The zero-order chi connectivity index (χ0) is 20.7. The van der Waals surface area contributed by atoms with E-state index in [1.165, 1.54) is 40.4 Å². The highest BCUT2D eigenvalue weighted by atomic mass is 35.5. The molecule has 1 atom stereocenters. The first kappa shape index (κ1) is 20.1. The summed E-state index contributed by atoms with van der Waals surface area (Å²) in [7, 11) is -4.85. The number of hydrogen-bond acceptors (Lipinski definition) is 4. The molecule has 1 aliphatic heterocycles. The molecule has 1 fully saturated rings. The van der Waals surface area contributed by atoms with Crippen LogP contribution in [-0.2, 0) is 14.8 Å². The average Bonchev–Trinajstić information content (AvgIpc) is 2.86. The summed E-state index contributed by atoms with van der Waals surface area (Å²) in [4.78, 5) is 24.4. The third-order valence-electron chi connectivity index (χ3n) is 3.87. The number of alkyl halides is 3. The molecule has 0 aromatic heterocycles. The summed E-state index contributed by atoms with van der Waals surface area (Å²) in [6.45, 7) is 0. The molecule has 0 unspecified atom stereocenters. The zero-order valence-electron chi connectivity index (χ0n) is 13.7. The molecule has 2 aromatic rings. The lowest BCUT2D eigenvalue weighted by atomic mass is 10.1. The van der Waals surface area contributed by atoms with E-state index in [0.717, 1.165) is 24.3 Å². The van der Waals surface area contributed by atoms with Crippen molar-refractivity contribution in [3.8, 4) is 0 Å². The molecule has 3 rings (SSSR count). The maximum absolute atomic E-state index is 13.8.